The van der Waals surface area contributed by atoms with E-state index >= 15 is 0 Å². The molecule has 0 bridgehead atoms. The Morgan fingerprint density at radius 1 is 0.792 bits per heavy atom. The van der Waals surface area contributed by atoms with Crippen molar-refractivity contribution in [3.05, 3.63) is 24.3 Å². The Balaban J connectivity index is 0. The van der Waals surface area contributed by atoms with Crippen LogP contribution < -0.4 is 0 Å². The van der Waals surface area contributed by atoms with E-state index in [1.165, 1.54) is 12.2 Å². The highest BCUT2D eigenvalue weighted by molar-refractivity contribution is 5.85. The van der Waals surface area contributed by atoms with Crippen LogP contribution in [0, 0.1) is 0 Å². The highest BCUT2D eigenvalue weighted by atomic mass is 35.5. The molecule has 0 saturated carbocycles. The maximum absolute atomic E-state index is 11.2. The molecule has 0 radical (unpaired) electrons. The topological polar surface area (TPSA) is 59.1 Å². The summed E-state index contributed by atoms with van der Waals surface area (Å²) in [5.41, 5.74) is 0. The van der Waals surface area contributed by atoms with Gasteiger partial charge < -0.3 is 9.47 Å². The van der Waals surface area contributed by atoms with Gasteiger partial charge >= 0.3 is 11.9 Å². The Morgan fingerprint density at radius 2 is 1.12 bits per heavy atom. The van der Waals surface area contributed by atoms with Crippen LogP contribution in [0.4, 0.5) is 0 Å². The second-order valence-corrected chi connectivity index (χ2v) is 5.02. The first kappa shape index (κ1) is 25.2. The zero-order valence-corrected chi connectivity index (χ0v) is 15.9. The SMILES string of the molecule is C/C=C/C(=O)OCCN1CCN(CCOC(=O)/C=C/C)CC1.Cl.Cl. The molecule has 6 nitrogen and oxygen atoms in total. The number of piperazine rings is 1. The molecule has 0 aliphatic carbocycles. The van der Waals surface area contributed by atoms with Crippen molar-refractivity contribution in [1.29, 1.82) is 0 Å². The number of nitrogens with zero attached hydrogens (tertiary/aromatic N) is 2. The van der Waals surface area contributed by atoms with Crippen molar-refractivity contribution >= 4 is 36.8 Å². The molecule has 140 valence electrons. The molecule has 0 spiro atoms. The zero-order chi connectivity index (χ0) is 16.2. The molecule has 0 aromatic heterocycles. The molecule has 1 saturated heterocycles. The first-order valence-electron chi connectivity index (χ1n) is 7.69. The van der Waals surface area contributed by atoms with Crippen molar-refractivity contribution in [1.82, 2.24) is 9.80 Å². The van der Waals surface area contributed by atoms with Gasteiger partial charge in [-0.3, -0.25) is 9.80 Å². The molecular formula is C16H28Cl2N2O4. The Kier molecular flexibility index (Phi) is 16.2. The number of hydrogen-bond donors (Lipinski definition) is 0. The van der Waals surface area contributed by atoms with Gasteiger partial charge in [-0.25, -0.2) is 9.59 Å². The van der Waals surface area contributed by atoms with E-state index < -0.39 is 0 Å². The van der Waals surface area contributed by atoms with E-state index in [2.05, 4.69) is 9.80 Å². The van der Waals surface area contributed by atoms with Crippen molar-refractivity contribution in [2.24, 2.45) is 0 Å². The standard InChI is InChI=1S/C16H26N2O4.2ClH/c1-3-5-15(19)21-13-11-17-7-9-18(10-8-17)12-14-22-16(20)6-4-2;;/h3-6H,7-14H2,1-2H3;2*1H/b5-3+,6-4+;;. The molecule has 24 heavy (non-hydrogen) atoms. The number of hydrogen-bond acceptors (Lipinski definition) is 6. The van der Waals surface area contributed by atoms with Crippen LogP contribution in [0.5, 0.6) is 0 Å². The first-order valence-corrected chi connectivity index (χ1v) is 7.69. The maximum atomic E-state index is 11.2. The van der Waals surface area contributed by atoms with Crippen molar-refractivity contribution in [2.75, 3.05) is 52.5 Å². The van der Waals surface area contributed by atoms with Crippen LogP contribution >= 0.6 is 24.8 Å². The minimum Gasteiger partial charge on any atom is -0.461 e. The van der Waals surface area contributed by atoms with Crippen molar-refractivity contribution < 1.29 is 19.1 Å². The monoisotopic (exact) mass is 382 g/mol. The molecule has 1 heterocycles. The van der Waals surface area contributed by atoms with E-state index in [0.717, 1.165) is 39.3 Å². The number of esters is 2. The average Bonchev–Trinajstić information content (AvgIpc) is 2.49. The summed E-state index contributed by atoms with van der Waals surface area (Å²) >= 11 is 0. The number of ether oxygens (including phenoxy) is 2. The molecule has 1 aliphatic heterocycles. The summed E-state index contributed by atoms with van der Waals surface area (Å²) in [5.74, 6) is -0.576. The Bertz CT molecular complexity index is 371. The van der Waals surface area contributed by atoms with E-state index in [-0.39, 0.29) is 36.8 Å². The van der Waals surface area contributed by atoms with Gasteiger partial charge in [-0.05, 0) is 13.8 Å². The summed E-state index contributed by atoms with van der Waals surface area (Å²) in [4.78, 5) is 26.9. The van der Waals surface area contributed by atoms with Gasteiger partial charge in [0.05, 0.1) is 0 Å². The number of rotatable bonds is 8. The van der Waals surface area contributed by atoms with E-state index in [9.17, 15) is 9.59 Å². The van der Waals surface area contributed by atoms with Gasteiger partial charge in [0.25, 0.3) is 0 Å². The summed E-state index contributed by atoms with van der Waals surface area (Å²) < 4.78 is 10.2. The molecular weight excluding hydrogens is 355 g/mol. The Morgan fingerprint density at radius 3 is 1.42 bits per heavy atom. The van der Waals surface area contributed by atoms with Crippen LogP contribution in [-0.4, -0.2) is 74.2 Å². The first-order chi connectivity index (χ1) is 10.7. The fraction of sp³-hybridized carbons (Fsp3) is 0.625. The van der Waals surface area contributed by atoms with Crippen LogP contribution in [0.25, 0.3) is 0 Å². The third-order valence-corrected chi connectivity index (χ3v) is 3.37. The normalized spacial score (nSPS) is 15.8. The minimum atomic E-state index is -0.288. The molecule has 0 atom stereocenters. The largest absolute Gasteiger partial charge is 0.461 e. The lowest BCUT2D eigenvalue weighted by Crippen LogP contribution is -2.48. The smallest absolute Gasteiger partial charge is 0.330 e. The number of halogens is 2. The average molecular weight is 383 g/mol. The molecule has 0 aromatic rings. The predicted molar refractivity (Wildman–Crippen MR) is 98.9 cm³/mol. The molecule has 0 aromatic carbocycles. The molecule has 1 fully saturated rings. The highest BCUT2D eigenvalue weighted by Gasteiger charge is 2.16. The molecule has 0 unspecified atom stereocenters. The van der Waals surface area contributed by atoms with Gasteiger partial charge in [0.2, 0.25) is 0 Å². The van der Waals surface area contributed by atoms with Gasteiger partial charge in [0, 0.05) is 51.4 Å². The molecule has 0 amide bonds. The van der Waals surface area contributed by atoms with Crippen LogP contribution in [0.2, 0.25) is 0 Å². The van der Waals surface area contributed by atoms with Crippen LogP contribution in [-0.2, 0) is 19.1 Å². The van der Waals surface area contributed by atoms with Crippen molar-refractivity contribution in [2.45, 2.75) is 13.8 Å². The van der Waals surface area contributed by atoms with Crippen LogP contribution in [0.15, 0.2) is 24.3 Å². The van der Waals surface area contributed by atoms with Gasteiger partial charge in [0.15, 0.2) is 0 Å². The third-order valence-electron chi connectivity index (χ3n) is 3.37. The molecule has 1 aliphatic rings. The third kappa shape index (κ3) is 11.5. The molecule has 8 heteroatoms. The predicted octanol–water partition coefficient (Wildman–Crippen LogP) is 1.69. The van der Waals surface area contributed by atoms with E-state index in [0.29, 0.717) is 13.2 Å². The number of carbonyl (C=O) groups is 2. The minimum absolute atomic E-state index is 0. The van der Waals surface area contributed by atoms with E-state index in [1.54, 1.807) is 26.0 Å². The fourth-order valence-electron chi connectivity index (χ4n) is 2.16. The lowest BCUT2D eigenvalue weighted by molar-refractivity contribution is -0.139. The molecule has 1 rings (SSSR count). The Hall–Kier alpha value is -1.08. The maximum Gasteiger partial charge on any atom is 0.330 e. The quantitative estimate of drug-likeness (QED) is 0.470. The van der Waals surface area contributed by atoms with Gasteiger partial charge in [-0.2, -0.15) is 0 Å². The zero-order valence-electron chi connectivity index (χ0n) is 14.3. The van der Waals surface area contributed by atoms with E-state index in [1.807, 2.05) is 0 Å². The summed E-state index contributed by atoms with van der Waals surface area (Å²) in [6.07, 6.45) is 6.19. The number of allylic oxidation sites excluding steroid dienone is 2. The van der Waals surface area contributed by atoms with Crippen LogP contribution in [0.1, 0.15) is 13.8 Å². The second kappa shape index (κ2) is 15.4. The summed E-state index contributed by atoms with van der Waals surface area (Å²) in [5, 5.41) is 0. The lowest BCUT2D eigenvalue weighted by atomic mass is 10.3. The summed E-state index contributed by atoms with van der Waals surface area (Å²) in [6.45, 7) is 9.67. The van der Waals surface area contributed by atoms with Gasteiger partial charge in [-0.15, -0.1) is 24.8 Å². The van der Waals surface area contributed by atoms with Gasteiger partial charge in [-0.1, -0.05) is 12.2 Å². The summed E-state index contributed by atoms with van der Waals surface area (Å²) in [7, 11) is 0. The highest BCUT2D eigenvalue weighted by Crippen LogP contribution is 2.01. The van der Waals surface area contributed by atoms with Gasteiger partial charge in [0.1, 0.15) is 13.2 Å². The Labute approximate surface area is 156 Å². The van der Waals surface area contributed by atoms with Crippen molar-refractivity contribution in [3.63, 3.8) is 0 Å². The fourth-order valence-corrected chi connectivity index (χ4v) is 2.16. The van der Waals surface area contributed by atoms with E-state index in [4.69, 9.17) is 9.47 Å². The van der Waals surface area contributed by atoms with Crippen LogP contribution in [0.3, 0.4) is 0 Å². The second-order valence-electron chi connectivity index (χ2n) is 5.02. The number of carbonyl (C=O) groups excluding carboxylic acids is 2. The summed E-state index contributed by atoms with van der Waals surface area (Å²) in [6, 6.07) is 0. The lowest BCUT2D eigenvalue weighted by Gasteiger charge is -2.34. The van der Waals surface area contributed by atoms with Crippen molar-refractivity contribution in [3.8, 4) is 0 Å². The molecule has 0 N–H and O–H groups in total.